The Balaban J connectivity index is 3.19. The molecule has 13 heavy (non-hydrogen) atoms. The van der Waals surface area contributed by atoms with Crippen molar-refractivity contribution in [2.24, 2.45) is 0 Å². The van der Waals surface area contributed by atoms with E-state index in [1.807, 2.05) is 0 Å². The van der Waals surface area contributed by atoms with Crippen LogP contribution >= 0.6 is 15.9 Å². The summed E-state index contributed by atoms with van der Waals surface area (Å²) in [7, 11) is 0. The van der Waals surface area contributed by atoms with E-state index in [1.54, 1.807) is 6.07 Å². The molecule has 0 N–H and O–H groups in total. The molecule has 0 heterocycles. The summed E-state index contributed by atoms with van der Waals surface area (Å²) in [6.07, 6.45) is -4.25. The van der Waals surface area contributed by atoms with Crippen LogP contribution in [-0.4, -0.2) is 0 Å². The number of halogens is 4. The highest BCUT2D eigenvalue weighted by atomic mass is 79.9. The van der Waals surface area contributed by atoms with Gasteiger partial charge in [0, 0.05) is 5.33 Å². The molecule has 0 bridgehead atoms. The molecule has 0 saturated heterocycles. The Morgan fingerprint density at radius 2 is 1.92 bits per heavy atom. The van der Waals surface area contributed by atoms with Gasteiger partial charge in [-0.15, -0.1) is 0 Å². The van der Waals surface area contributed by atoms with Crippen LogP contribution < -0.4 is 0 Å². The molecule has 0 atom stereocenters. The van der Waals surface area contributed by atoms with Crippen molar-refractivity contribution in [2.75, 3.05) is 0 Å². The number of alkyl halides is 4. The highest BCUT2D eigenvalue weighted by Gasteiger charge is 2.32. The third-order valence-corrected chi connectivity index (χ3v) is 2.41. The fourth-order valence-corrected chi connectivity index (χ4v) is 1.41. The minimum absolute atomic E-state index is 0.261. The fourth-order valence-electron chi connectivity index (χ4n) is 1.06. The van der Waals surface area contributed by atoms with E-state index in [-0.39, 0.29) is 5.56 Å². The van der Waals surface area contributed by atoms with Crippen molar-refractivity contribution < 1.29 is 13.2 Å². The lowest BCUT2D eigenvalue weighted by Gasteiger charge is -2.10. The van der Waals surface area contributed by atoms with Gasteiger partial charge in [0.05, 0.1) is 5.56 Å². The van der Waals surface area contributed by atoms with Crippen LogP contribution in [0.25, 0.3) is 0 Å². The maximum absolute atomic E-state index is 12.3. The molecule has 1 rings (SSSR count). The normalized spacial score (nSPS) is 11.8. The zero-order chi connectivity index (χ0) is 10.1. The van der Waals surface area contributed by atoms with Crippen LogP contribution in [0.3, 0.4) is 0 Å². The smallest absolute Gasteiger partial charge is 0.166 e. The van der Waals surface area contributed by atoms with Gasteiger partial charge in [0.25, 0.3) is 0 Å². The van der Waals surface area contributed by atoms with Crippen molar-refractivity contribution in [3.63, 3.8) is 0 Å². The predicted molar refractivity (Wildman–Crippen MR) is 48.8 cm³/mol. The van der Waals surface area contributed by atoms with E-state index in [0.717, 1.165) is 0 Å². The molecule has 4 heteroatoms. The summed E-state index contributed by atoms with van der Waals surface area (Å²) in [5, 5.41) is 0.441. The van der Waals surface area contributed by atoms with E-state index in [0.29, 0.717) is 10.9 Å². The lowest BCUT2D eigenvalue weighted by molar-refractivity contribution is -0.138. The first-order chi connectivity index (χ1) is 5.95. The zero-order valence-corrected chi connectivity index (χ0v) is 8.54. The van der Waals surface area contributed by atoms with Crippen LogP contribution in [0, 0.1) is 6.92 Å². The van der Waals surface area contributed by atoms with Gasteiger partial charge in [0.2, 0.25) is 0 Å². The largest absolute Gasteiger partial charge is 0.416 e. The van der Waals surface area contributed by atoms with Crippen LogP contribution in [0.4, 0.5) is 13.2 Å². The second-order valence-electron chi connectivity index (χ2n) is 2.78. The molecule has 0 spiro atoms. The Hall–Kier alpha value is -0.510. The fraction of sp³-hybridized carbons (Fsp3) is 0.333. The molecule has 72 valence electrons. The van der Waals surface area contributed by atoms with E-state index < -0.39 is 11.7 Å². The minimum Gasteiger partial charge on any atom is -0.166 e. The van der Waals surface area contributed by atoms with Crippen molar-refractivity contribution in [1.29, 1.82) is 0 Å². The van der Waals surface area contributed by atoms with Crippen molar-refractivity contribution in [3.05, 3.63) is 34.9 Å². The van der Waals surface area contributed by atoms with Gasteiger partial charge in [0.1, 0.15) is 0 Å². The first kappa shape index (κ1) is 10.6. The summed E-state index contributed by atoms with van der Waals surface area (Å²) in [5.74, 6) is 0. The molecular formula is C9H8BrF3. The average Bonchev–Trinajstić information content (AvgIpc) is 2.03. The first-order valence-corrected chi connectivity index (χ1v) is 4.80. The van der Waals surface area contributed by atoms with Crippen LogP contribution in [0.5, 0.6) is 0 Å². The molecule has 0 saturated carbocycles. The average molecular weight is 253 g/mol. The van der Waals surface area contributed by atoms with Gasteiger partial charge in [-0.1, -0.05) is 28.1 Å². The van der Waals surface area contributed by atoms with Crippen LogP contribution in [-0.2, 0) is 11.5 Å². The summed E-state index contributed by atoms with van der Waals surface area (Å²) < 4.78 is 37.0. The Labute approximate surface area is 82.9 Å². The number of hydrogen-bond donors (Lipinski definition) is 0. The van der Waals surface area contributed by atoms with E-state index in [9.17, 15) is 13.2 Å². The Morgan fingerprint density at radius 1 is 1.31 bits per heavy atom. The maximum atomic E-state index is 12.3. The van der Waals surface area contributed by atoms with Gasteiger partial charge < -0.3 is 0 Å². The molecule has 1 aromatic rings. The van der Waals surface area contributed by atoms with Crippen LogP contribution in [0.1, 0.15) is 16.7 Å². The Kier molecular flexibility index (Phi) is 3.01. The Bertz CT molecular complexity index is 304. The Morgan fingerprint density at radius 3 is 2.38 bits per heavy atom. The number of rotatable bonds is 1. The highest BCUT2D eigenvalue weighted by Crippen LogP contribution is 2.32. The van der Waals surface area contributed by atoms with E-state index >= 15 is 0 Å². The molecule has 0 aromatic heterocycles. The van der Waals surface area contributed by atoms with Crippen molar-refractivity contribution >= 4 is 15.9 Å². The van der Waals surface area contributed by atoms with Gasteiger partial charge in [-0.3, -0.25) is 0 Å². The monoisotopic (exact) mass is 252 g/mol. The minimum atomic E-state index is -4.25. The molecule has 0 amide bonds. The quantitative estimate of drug-likeness (QED) is 0.665. The molecule has 1 aromatic carbocycles. The number of benzene rings is 1. The van der Waals surface area contributed by atoms with Gasteiger partial charge >= 0.3 is 6.18 Å². The molecule has 0 unspecified atom stereocenters. The van der Waals surface area contributed by atoms with Crippen LogP contribution in [0.2, 0.25) is 0 Å². The summed E-state index contributed by atoms with van der Waals surface area (Å²) in [5.41, 5.74) is 0.347. The van der Waals surface area contributed by atoms with E-state index in [1.165, 1.54) is 19.1 Å². The maximum Gasteiger partial charge on any atom is 0.416 e. The lowest BCUT2D eigenvalue weighted by Crippen LogP contribution is -2.07. The molecule has 0 radical (unpaired) electrons. The lowest BCUT2D eigenvalue weighted by atomic mass is 10.1. The van der Waals surface area contributed by atoms with E-state index in [4.69, 9.17) is 0 Å². The standard InChI is InChI=1S/C9H8BrF3/c1-6-2-3-7(5-10)4-8(6)9(11,12)13/h2-4H,5H2,1H3. The molecular weight excluding hydrogens is 245 g/mol. The molecule has 0 aliphatic carbocycles. The van der Waals surface area contributed by atoms with Gasteiger partial charge in [-0.2, -0.15) is 13.2 Å². The zero-order valence-electron chi connectivity index (χ0n) is 6.95. The topological polar surface area (TPSA) is 0 Å². The summed E-state index contributed by atoms with van der Waals surface area (Å²) in [6, 6.07) is 4.34. The first-order valence-electron chi connectivity index (χ1n) is 3.68. The number of aryl methyl sites for hydroxylation is 1. The molecule has 0 nitrogen and oxygen atoms in total. The second-order valence-corrected chi connectivity index (χ2v) is 3.34. The van der Waals surface area contributed by atoms with Gasteiger partial charge in [-0.25, -0.2) is 0 Å². The third kappa shape index (κ3) is 2.46. The number of hydrogen-bond acceptors (Lipinski definition) is 0. The van der Waals surface area contributed by atoms with Gasteiger partial charge in [-0.05, 0) is 24.1 Å². The van der Waals surface area contributed by atoms with Gasteiger partial charge in [0.15, 0.2) is 0 Å². The van der Waals surface area contributed by atoms with Crippen molar-refractivity contribution in [1.82, 2.24) is 0 Å². The highest BCUT2D eigenvalue weighted by molar-refractivity contribution is 9.08. The predicted octanol–water partition coefficient (Wildman–Crippen LogP) is 3.91. The SMILES string of the molecule is Cc1ccc(CBr)cc1C(F)(F)F. The van der Waals surface area contributed by atoms with Crippen molar-refractivity contribution in [3.8, 4) is 0 Å². The van der Waals surface area contributed by atoms with Crippen LogP contribution in [0.15, 0.2) is 18.2 Å². The summed E-state index contributed by atoms with van der Waals surface area (Å²) in [6.45, 7) is 1.46. The van der Waals surface area contributed by atoms with E-state index in [2.05, 4.69) is 15.9 Å². The van der Waals surface area contributed by atoms with Crippen molar-refractivity contribution in [2.45, 2.75) is 18.4 Å². The summed E-state index contributed by atoms with van der Waals surface area (Å²) in [4.78, 5) is 0. The molecule has 0 aliphatic rings. The second kappa shape index (κ2) is 3.70. The molecule has 0 aliphatic heterocycles. The molecule has 0 fully saturated rings. The summed E-state index contributed by atoms with van der Waals surface area (Å²) >= 11 is 3.12. The third-order valence-electron chi connectivity index (χ3n) is 1.76.